The Hall–Kier alpha value is -0.970. The number of aromatic nitrogens is 2. The van der Waals surface area contributed by atoms with Gasteiger partial charge in [0.1, 0.15) is 5.82 Å². The fourth-order valence-electron chi connectivity index (χ4n) is 0.845. The van der Waals surface area contributed by atoms with Crippen molar-refractivity contribution in [3.8, 4) is 5.88 Å². The molecule has 1 rings (SSSR count). The van der Waals surface area contributed by atoms with E-state index in [2.05, 4.69) is 15.3 Å². The van der Waals surface area contributed by atoms with Gasteiger partial charge in [0.2, 0.25) is 5.88 Å². The van der Waals surface area contributed by atoms with E-state index in [1.165, 1.54) is 11.8 Å². The molecule has 0 radical (unpaired) electrons. The smallest absolute Gasteiger partial charge is 0.219 e. The number of rotatable bonds is 4. The molecular weight excluding hydrogens is 186 g/mol. The van der Waals surface area contributed by atoms with Crippen molar-refractivity contribution in [3.63, 3.8) is 0 Å². The number of thioether (sulfide) groups is 1. The van der Waals surface area contributed by atoms with Crippen molar-refractivity contribution in [2.75, 3.05) is 25.2 Å². The summed E-state index contributed by atoms with van der Waals surface area (Å²) >= 11 is 1.50. The third-order valence-electron chi connectivity index (χ3n) is 1.41. The average molecular weight is 199 g/mol. The zero-order valence-electron chi connectivity index (χ0n) is 8.00. The first-order valence-corrected chi connectivity index (χ1v) is 5.26. The van der Waals surface area contributed by atoms with Crippen molar-refractivity contribution >= 4 is 17.6 Å². The van der Waals surface area contributed by atoms with Crippen LogP contribution in [-0.2, 0) is 0 Å². The van der Waals surface area contributed by atoms with E-state index in [1.807, 2.05) is 20.2 Å². The summed E-state index contributed by atoms with van der Waals surface area (Å²) in [7, 11) is 1.82. The molecule has 4 nitrogen and oxygen atoms in total. The Bertz CT molecular complexity index is 258. The molecule has 0 saturated heterocycles. The summed E-state index contributed by atoms with van der Waals surface area (Å²) in [4.78, 5) is 8.39. The first-order valence-electron chi connectivity index (χ1n) is 4.03. The monoisotopic (exact) mass is 199 g/mol. The van der Waals surface area contributed by atoms with Crippen LogP contribution in [0.3, 0.4) is 0 Å². The summed E-state index contributed by atoms with van der Waals surface area (Å²) < 4.78 is 5.29. The minimum atomic E-state index is 0.617. The molecule has 1 aromatic rings. The van der Waals surface area contributed by atoms with Gasteiger partial charge in [-0.25, -0.2) is 4.98 Å². The lowest BCUT2D eigenvalue weighted by molar-refractivity contribution is 0.323. The van der Waals surface area contributed by atoms with Crippen molar-refractivity contribution in [1.29, 1.82) is 0 Å². The van der Waals surface area contributed by atoms with Crippen LogP contribution in [0.15, 0.2) is 11.2 Å². The van der Waals surface area contributed by atoms with Gasteiger partial charge in [-0.1, -0.05) is 11.8 Å². The van der Waals surface area contributed by atoms with Crippen LogP contribution in [-0.4, -0.2) is 29.9 Å². The minimum absolute atomic E-state index is 0.617. The molecule has 0 amide bonds. The van der Waals surface area contributed by atoms with Gasteiger partial charge in [-0.3, -0.25) is 0 Å². The number of anilines is 1. The lowest BCUT2D eigenvalue weighted by atomic mass is 10.5. The molecule has 0 fully saturated rings. The zero-order chi connectivity index (χ0) is 9.68. The van der Waals surface area contributed by atoms with Gasteiger partial charge in [0.05, 0.1) is 6.61 Å². The average Bonchev–Trinajstić information content (AvgIpc) is 2.17. The summed E-state index contributed by atoms with van der Waals surface area (Å²) in [6.07, 6.45) is 1.94. The van der Waals surface area contributed by atoms with Gasteiger partial charge in [-0.2, -0.15) is 4.98 Å². The van der Waals surface area contributed by atoms with Crippen molar-refractivity contribution in [1.82, 2.24) is 9.97 Å². The third kappa shape index (κ3) is 2.77. The maximum atomic E-state index is 5.29. The Morgan fingerprint density at radius 2 is 2.31 bits per heavy atom. The molecule has 5 heteroatoms. The highest BCUT2D eigenvalue weighted by Crippen LogP contribution is 2.18. The molecular formula is C8H13N3OS. The van der Waals surface area contributed by atoms with Crippen LogP contribution in [0.2, 0.25) is 0 Å². The maximum Gasteiger partial charge on any atom is 0.219 e. The van der Waals surface area contributed by atoms with Crippen LogP contribution in [0.25, 0.3) is 0 Å². The molecule has 13 heavy (non-hydrogen) atoms. The zero-order valence-corrected chi connectivity index (χ0v) is 8.81. The summed E-state index contributed by atoms with van der Waals surface area (Å²) in [5.74, 6) is 1.40. The molecule has 0 aliphatic heterocycles. The molecule has 0 aliphatic carbocycles. The number of hydrogen-bond donors (Lipinski definition) is 1. The molecule has 0 bridgehead atoms. The molecule has 0 saturated carbocycles. The summed E-state index contributed by atoms with van der Waals surface area (Å²) in [6.45, 7) is 2.55. The number of nitrogens with zero attached hydrogens (tertiary/aromatic N) is 2. The van der Waals surface area contributed by atoms with Gasteiger partial charge in [0.25, 0.3) is 0 Å². The fraction of sp³-hybridized carbons (Fsp3) is 0.500. The van der Waals surface area contributed by atoms with Crippen molar-refractivity contribution in [2.45, 2.75) is 12.1 Å². The largest absolute Gasteiger partial charge is 0.478 e. The Balaban J connectivity index is 2.93. The fourth-order valence-corrected chi connectivity index (χ4v) is 1.22. The molecule has 1 aromatic heterocycles. The molecule has 1 heterocycles. The first-order chi connectivity index (χ1) is 6.30. The van der Waals surface area contributed by atoms with Gasteiger partial charge in [-0.05, 0) is 13.2 Å². The van der Waals surface area contributed by atoms with E-state index < -0.39 is 0 Å². The van der Waals surface area contributed by atoms with Gasteiger partial charge in [-0.15, -0.1) is 0 Å². The second-order valence-electron chi connectivity index (χ2n) is 2.26. The summed E-state index contributed by atoms with van der Waals surface area (Å²) in [5.41, 5.74) is 0. The predicted octanol–water partition coefficient (Wildman–Crippen LogP) is 1.64. The SMILES string of the molecule is CCOc1cc(NC)nc(SC)n1. The highest BCUT2D eigenvalue weighted by molar-refractivity contribution is 7.98. The van der Waals surface area contributed by atoms with Crippen LogP contribution >= 0.6 is 11.8 Å². The normalized spacial score (nSPS) is 9.77. The van der Waals surface area contributed by atoms with Crippen LogP contribution in [0, 0.1) is 0 Å². The van der Waals surface area contributed by atoms with Crippen LogP contribution in [0.4, 0.5) is 5.82 Å². The predicted molar refractivity (Wildman–Crippen MR) is 54.5 cm³/mol. The van der Waals surface area contributed by atoms with Crippen LogP contribution in [0.1, 0.15) is 6.92 Å². The molecule has 0 aliphatic rings. The Morgan fingerprint density at radius 3 is 2.85 bits per heavy atom. The van der Waals surface area contributed by atoms with Gasteiger partial charge in [0, 0.05) is 13.1 Å². The minimum Gasteiger partial charge on any atom is -0.478 e. The Kier molecular flexibility index (Phi) is 3.82. The highest BCUT2D eigenvalue weighted by atomic mass is 32.2. The quantitative estimate of drug-likeness (QED) is 0.590. The van der Waals surface area contributed by atoms with Gasteiger partial charge < -0.3 is 10.1 Å². The number of ether oxygens (including phenoxy) is 1. The lowest BCUT2D eigenvalue weighted by Gasteiger charge is -2.05. The maximum absolute atomic E-state index is 5.29. The van der Waals surface area contributed by atoms with Crippen molar-refractivity contribution in [3.05, 3.63) is 6.07 Å². The second kappa shape index (κ2) is 4.91. The number of nitrogens with one attached hydrogen (secondary N) is 1. The van der Waals surface area contributed by atoms with Crippen LogP contribution < -0.4 is 10.1 Å². The van der Waals surface area contributed by atoms with E-state index >= 15 is 0 Å². The Morgan fingerprint density at radius 1 is 1.54 bits per heavy atom. The third-order valence-corrected chi connectivity index (χ3v) is 1.96. The number of hydrogen-bond acceptors (Lipinski definition) is 5. The summed E-state index contributed by atoms with van der Waals surface area (Å²) in [6, 6.07) is 1.78. The lowest BCUT2D eigenvalue weighted by Crippen LogP contribution is -2.00. The topological polar surface area (TPSA) is 47.0 Å². The Labute approximate surface area is 82.1 Å². The molecule has 0 atom stereocenters. The van der Waals surface area contributed by atoms with Crippen molar-refractivity contribution in [2.24, 2.45) is 0 Å². The second-order valence-corrected chi connectivity index (χ2v) is 3.03. The molecule has 0 aromatic carbocycles. The highest BCUT2D eigenvalue weighted by Gasteiger charge is 2.02. The molecule has 72 valence electrons. The standard InChI is InChI=1S/C8H13N3OS/c1-4-12-7-5-6(9-2)10-8(11-7)13-3/h5H,4H2,1-3H3,(H,9,10,11). The molecule has 1 N–H and O–H groups in total. The molecule has 0 unspecified atom stereocenters. The van der Waals surface area contributed by atoms with Crippen molar-refractivity contribution < 1.29 is 4.74 Å². The van der Waals surface area contributed by atoms with E-state index in [1.54, 1.807) is 6.07 Å². The van der Waals surface area contributed by atoms with E-state index in [9.17, 15) is 0 Å². The van der Waals surface area contributed by atoms with E-state index in [4.69, 9.17) is 4.74 Å². The van der Waals surface area contributed by atoms with Crippen LogP contribution in [0.5, 0.6) is 5.88 Å². The van der Waals surface area contributed by atoms with Gasteiger partial charge >= 0.3 is 0 Å². The van der Waals surface area contributed by atoms with E-state index in [0.29, 0.717) is 12.5 Å². The summed E-state index contributed by atoms with van der Waals surface area (Å²) in [5, 5.41) is 3.67. The molecule has 0 spiro atoms. The van der Waals surface area contributed by atoms with Gasteiger partial charge in [0.15, 0.2) is 5.16 Å². The van der Waals surface area contributed by atoms with E-state index in [0.717, 1.165) is 11.0 Å². The first kappa shape index (κ1) is 10.1. The van der Waals surface area contributed by atoms with E-state index in [-0.39, 0.29) is 0 Å².